The third-order valence-corrected chi connectivity index (χ3v) is 5.24. The highest BCUT2D eigenvalue weighted by atomic mass is 19.1. The molecule has 0 radical (unpaired) electrons. The van der Waals surface area contributed by atoms with Crippen LogP contribution in [0.2, 0.25) is 0 Å². The van der Waals surface area contributed by atoms with Crippen molar-refractivity contribution in [3.63, 3.8) is 0 Å². The molecule has 3 nitrogen and oxygen atoms in total. The van der Waals surface area contributed by atoms with Crippen molar-refractivity contribution < 1.29 is 23.4 Å². The van der Waals surface area contributed by atoms with Crippen molar-refractivity contribution in [1.29, 1.82) is 0 Å². The number of hydrogen-bond donors (Lipinski definition) is 1. The van der Waals surface area contributed by atoms with Gasteiger partial charge in [0.2, 0.25) is 0 Å². The van der Waals surface area contributed by atoms with Gasteiger partial charge in [-0.3, -0.25) is 0 Å². The van der Waals surface area contributed by atoms with Crippen LogP contribution in [0.1, 0.15) is 39.2 Å². The molecule has 4 atom stereocenters. The third kappa shape index (κ3) is 2.27. The van der Waals surface area contributed by atoms with Gasteiger partial charge in [-0.2, -0.15) is 0 Å². The number of hydrogen-bond acceptors (Lipinski definition) is 3. The van der Waals surface area contributed by atoms with Crippen LogP contribution < -0.4 is 0 Å². The molecule has 1 aromatic rings. The SMILES string of the molecule is CC(C)[C@]12C[C@@H](OCc3c(F)cccc3F)[C@](C)(C[C@@H]1O)O2. The summed E-state index contributed by atoms with van der Waals surface area (Å²) < 4.78 is 39.3. The first-order valence-electron chi connectivity index (χ1n) is 7.71. The van der Waals surface area contributed by atoms with Gasteiger partial charge in [0.15, 0.2) is 0 Å². The minimum Gasteiger partial charge on any atom is -0.390 e. The standard InChI is InChI=1S/C17H22F2O3/c1-10(2)17-8-15(16(3,22-17)7-14(17)20)21-9-11-12(18)5-4-6-13(11)19/h4-6,10,14-15,20H,7-9H2,1-3H3/t14-,15+,16-,17+/m0/s1. The Bertz CT molecular complexity index is 557. The lowest BCUT2D eigenvalue weighted by atomic mass is 9.73. The van der Waals surface area contributed by atoms with Crippen LogP contribution in [-0.2, 0) is 16.1 Å². The molecule has 2 saturated heterocycles. The van der Waals surface area contributed by atoms with Gasteiger partial charge >= 0.3 is 0 Å². The van der Waals surface area contributed by atoms with Crippen molar-refractivity contribution >= 4 is 0 Å². The topological polar surface area (TPSA) is 38.7 Å². The van der Waals surface area contributed by atoms with Gasteiger partial charge in [-0.25, -0.2) is 8.78 Å². The predicted molar refractivity (Wildman–Crippen MR) is 77.2 cm³/mol. The van der Waals surface area contributed by atoms with E-state index in [4.69, 9.17) is 9.47 Å². The Balaban J connectivity index is 1.75. The molecule has 0 aromatic heterocycles. The van der Waals surface area contributed by atoms with Crippen molar-refractivity contribution in [2.45, 2.75) is 63.6 Å². The fourth-order valence-electron chi connectivity index (χ4n) is 3.81. The number of fused-ring (bicyclic) bond motifs is 2. The lowest BCUT2D eigenvalue weighted by Crippen LogP contribution is -2.47. The average molecular weight is 312 g/mol. The quantitative estimate of drug-likeness (QED) is 0.928. The maximum Gasteiger partial charge on any atom is 0.131 e. The molecule has 0 aliphatic carbocycles. The highest BCUT2D eigenvalue weighted by Crippen LogP contribution is 2.55. The number of aliphatic hydroxyl groups excluding tert-OH is 1. The second kappa shape index (κ2) is 5.25. The molecule has 5 heteroatoms. The monoisotopic (exact) mass is 312 g/mol. The Morgan fingerprint density at radius 2 is 1.95 bits per heavy atom. The molecule has 0 spiro atoms. The van der Waals surface area contributed by atoms with Crippen LogP contribution in [0.25, 0.3) is 0 Å². The van der Waals surface area contributed by atoms with E-state index in [9.17, 15) is 13.9 Å². The number of halogens is 2. The van der Waals surface area contributed by atoms with Crippen LogP contribution in [0.3, 0.4) is 0 Å². The van der Waals surface area contributed by atoms with Crippen molar-refractivity contribution in [3.8, 4) is 0 Å². The molecule has 22 heavy (non-hydrogen) atoms. The van der Waals surface area contributed by atoms with Crippen molar-refractivity contribution in [2.75, 3.05) is 0 Å². The van der Waals surface area contributed by atoms with E-state index in [0.29, 0.717) is 12.8 Å². The van der Waals surface area contributed by atoms with E-state index in [-0.39, 0.29) is 24.2 Å². The molecular weight excluding hydrogens is 290 g/mol. The van der Waals surface area contributed by atoms with Crippen molar-refractivity contribution in [3.05, 3.63) is 35.4 Å². The Labute approximate surface area is 129 Å². The summed E-state index contributed by atoms with van der Waals surface area (Å²) in [6.45, 7) is 5.78. The first kappa shape index (κ1) is 15.8. The Morgan fingerprint density at radius 3 is 2.50 bits per heavy atom. The Kier molecular flexibility index (Phi) is 3.78. The molecule has 1 aromatic carbocycles. The molecule has 3 rings (SSSR count). The molecule has 2 heterocycles. The van der Waals surface area contributed by atoms with Gasteiger partial charge in [0.05, 0.1) is 30.0 Å². The summed E-state index contributed by atoms with van der Waals surface area (Å²) in [4.78, 5) is 0. The number of rotatable bonds is 4. The summed E-state index contributed by atoms with van der Waals surface area (Å²) >= 11 is 0. The molecule has 2 fully saturated rings. The van der Waals surface area contributed by atoms with Crippen LogP contribution in [0.15, 0.2) is 18.2 Å². The van der Waals surface area contributed by atoms with Crippen LogP contribution in [-0.4, -0.2) is 28.5 Å². The van der Waals surface area contributed by atoms with E-state index < -0.39 is 28.9 Å². The highest BCUT2D eigenvalue weighted by Gasteiger charge is 2.65. The summed E-state index contributed by atoms with van der Waals surface area (Å²) in [5.74, 6) is -1.07. The fourth-order valence-corrected chi connectivity index (χ4v) is 3.81. The number of ether oxygens (including phenoxy) is 2. The zero-order chi connectivity index (χ0) is 16.1. The summed E-state index contributed by atoms with van der Waals surface area (Å²) in [6, 6.07) is 3.78. The predicted octanol–water partition coefficient (Wildman–Crippen LogP) is 3.19. The summed E-state index contributed by atoms with van der Waals surface area (Å²) in [5, 5.41) is 10.3. The summed E-state index contributed by atoms with van der Waals surface area (Å²) in [6.07, 6.45) is 0.216. The first-order valence-corrected chi connectivity index (χ1v) is 7.71. The molecule has 2 bridgehead atoms. The molecule has 0 unspecified atom stereocenters. The molecule has 2 aliphatic heterocycles. The number of aliphatic hydroxyl groups is 1. The van der Waals surface area contributed by atoms with Gasteiger partial charge in [0.1, 0.15) is 11.6 Å². The van der Waals surface area contributed by atoms with Crippen molar-refractivity contribution in [2.24, 2.45) is 5.92 Å². The highest BCUT2D eigenvalue weighted by molar-refractivity contribution is 5.19. The smallest absolute Gasteiger partial charge is 0.131 e. The fraction of sp³-hybridized carbons (Fsp3) is 0.647. The second-order valence-corrected chi connectivity index (χ2v) is 6.95. The van der Waals surface area contributed by atoms with Gasteiger partial charge in [-0.1, -0.05) is 19.9 Å². The van der Waals surface area contributed by atoms with E-state index in [0.717, 1.165) is 0 Å². The van der Waals surface area contributed by atoms with Crippen LogP contribution >= 0.6 is 0 Å². The molecule has 1 N–H and O–H groups in total. The zero-order valence-electron chi connectivity index (χ0n) is 13.1. The van der Waals surface area contributed by atoms with E-state index in [1.54, 1.807) is 0 Å². The molecular formula is C17H22F2O3. The lowest BCUT2D eigenvalue weighted by Gasteiger charge is -2.35. The minimum atomic E-state index is -0.618. The Morgan fingerprint density at radius 1 is 1.32 bits per heavy atom. The second-order valence-electron chi connectivity index (χ2n) is 6.95. The van der Waals surface area contributed by atoms with Gasteiger partial charge < -0.3 is 14.6 Å². The van der Waals surface area contributed by atoms with Gasteiger partial charge in [0.25, 0.3) is 0 Å². The van der Waals surface area contributed by atoms with Crippen LogP contribution in [0.5, 0.6) is 0 Å². The first-order chi connectivity index (χ1) is 10.3. The average Bonchev–Trinajstić information content (AvgIpc) is 2.86. The third-order valence-electron chi connectivity index (χ3n) is 5.24. The maximum atomic E-state index is 13.7. The van der Waals surface area contributed by atoms with Gasteiger partial charge in [-0.05, 0) is 25.0 Å². The lowest BCUT2D eigenvalue weighted by molar-refractivity contribution is -0.107. The molecule has 2 aliphatic rings. The minimum absolute atomic E-state index is 0.0620. The van der Waals surface area contributed by atoms with E-state index >= 15 is 0 Å². The Hall–Kier alpha value is -1.04. The summed E-state index contributed by atoms with van der Waals surface area (Å²) in [7, 11) is 0. The van der Waals surface area contributed by atoms with E-state index in [2.05, 4.69) is 0 Å². The molecule has 0 saturated carbocycles. The normalized spacial score (nSPS) is 37.2. The van der Waals surface area contributed by atoms with E-state index in [1.165, 1.54) is 18.2 Å². The zero-order valence-corrected chi connectivity index (χ0v) is 13.1. The summed E-state index contributed by atoms with van der Waals surface area (Å²) in [5.41, 5.74) is -1.29. The number of benzene rings is 1. The van der Waals surface area contributed by atoms with Gasteiger partial charge in [0, 0.05) is 18.4 Å². The van der Waals surface area contributed by atoms with Crippen LogP contribution in [0.4, 0.5) is 8.78 Å². The maximum absolute atomic E-state index is 13.7. The van der Waals surface area contributed by atoms with Gasteiger partial charge in [-0.15, -0.1) is 0 Å². The van der Waals surface area contributed by atoms with Crippen molar-refractivity contribution in [1.82, 2.24) is 0 Å². The van der Waals surface area contributed by atoms with E-state index in [1.807, 2.05) is 20.8 Å². The van der Waals surface area contributed by atoms with Crippen LogP contribution in [0, 0.1) is 17.6 Å². The molecule has 122 valence electrons. The molecule has 0 amide bonds. The largest absolute Gasteiger partial charge is 0.390 e.